The van der Waals surface area contributed by atoms with E-state index in [1.807, 2.05) is 0 Å². The first-order valence-corrected chi connectivity index (χ1v) is 13.3. The summed E-state index contributed by atoms with van der Waals surface area (Å²) in [7, 11) is -9.99. The molecular weight excluding hydrogens is 581 g/mol. The van der Waals surface area contributed by atoms with Gasteiger partial charge in [0.15, 0.2) is 0 Å². The Morgan fingerprint density at radius 2 is 1.53 bits per heavy atom. The Morgan fingerprint density at radius 1 is 0.912 bits per heavy atom. The Morgan fingerprint density at radius 3 is 2.09 bits per heavy atom. The summed E-state index contributed by atoms with van der Waals surface area (Å²) in [4.78, 5) is -1.99. The molecule has 1 radical (unpaired) electrons. The van der Waals surface area contributed by atoms with Crippen LogP contribution >= 0.6 is 0 Å². The first kappa shape index (κ1) is 31.1. The van der Waals surface area contributed by atoms with E-state index in [4.69, 9.17) is 12.4 Å². The molecule has 1 atom stereocenters. The van der Waals surface area contributed by atoms with Gasteiger partial charge in [-0.3, -0.25) is 4.55 Å². The minimum absolute atomic E-state index is 0. The van der Waals surface area contributed by atoms with Gasteiger partial charge in [0.2, 0.25) is 0 Å². The Labute approximate surface area is 241 Å². The molecule has 34 heavy (non-hydrogen) atoms. The minimum atomic E-state index is -5.12. The zero-order chi connectivity index (χ0) is 23.8. The molecule has 0 aromatic heterocycles. The monoisotopic (exact) mass is 591 g/mol. The summed E-state index contributed by atoms with van der Waals surface area (Å²) in [5, 5.41) is 31.0. The summed E-state index contributed by atoms with van der Waals surface area (Å²) in [6.07, 6.45) is 0. The maximum absolute atomic E-state index is 12.8. The van der Waals surface area contributed by atoms with Crippen molar-refractivity contribution in [1.29, 1.82) is 0 Å². The average molecular weight is 591 g/mol. The molecule has 13 nitrogen and oxygen atoms in total. The third-order valence-corrected chi connectivity index (χ3v) is 6.38. The van der Waals surface area contributed by atoms with Gasteiger partial charge < -0.3 is 0 Å². The van der Waals surface area contributed by atoms with Gasteiger partial charge in [0.25, 0.3) is 0 Å². The maximum atomic E-state index is 12.8. The molecule has 3 aromatic rings. The zero-order valence-corrected chi connectivity index (χ0v) is 24.8. The molecule has 0 fully saturated rings. The van der Waals surface area contributed by atoms with Crippen molar-refractivity contribution in [3.05, 3.63) is 42.5 Å². The van der Waals surface area contributed by atoms with Gasteiger partial charge in [-0.1, -0.05) is 0 Å². The molecular formula is C16H10AsN2Na2O11S2. The molecule has 18 heteroatoms. The fourth-order valence-corrected chi connectivity index (χ4v) is 4.52. The Balaban J connectivity index is 0.00000289. The predicted octanol–water partition coefficient (Wildman–Crippen LogP) is -5.31. The summed E-state index contributed by atoms with van der Waals surface area (Å²) < 4.78 is 89.6. The van der Waals surface area contributed by atoms with Gasteiger partial charge in [-0.25, -0.2) is 0 Å². The number of para-hydroxylation sites is 1. The van der Waals surface area contributed by atoms with Crippen molar-refractivity contribution in [2.45, 2.75) is 9.79 Å². The second kappa shape index (κ2) is 11.9. The van der Waals surface area contributed by atoms with Gasteiger partial charge in [0, 0.05) is 0 Å². The van der Waals surface area contributed by atoms with Crippen molar-refractivity contribution in [3.63, 3.8) is 0 Å². The molecule has 0 aliphatic heterocycles. The first-order chi connectivity index (χ1) is 14.8. The van der Waals surface area contributed by atoms with Crippen LogP contribution in [0.4, 0.5) is 11.4 Å². The van der Waals surface area contributed by atoms with Crippen molar-refractivity contribution >= 4 is 57.7 Å². The van der Waals surface area contributed by atoms with Crippen molar-refractivity contribution in [1.82, 2.24) is 0 Å². The van der Waals surface area contributed by atoms with Crippen molar-refractivity contribution in [2.24, 2.45) is 10.2 Å². The molecule has 0 aliphatic rings. The zero-order valence-electron chi connectivity index (χ0n) is 17.3. The number of benzene rings is 3. The van der Waals surface area contributed by atoms with Crippen LogP contribution in [0, 0.1) is 0 Å². The Bertz CT molecular complexity index is 1510. The summed E-state index contributed by atoms with van der Waals surface area (Å²) in [5.74, 6) is -2.68. The SMILES string of the molecule is O=[As](O)Oc1ccccc1N=Nc1c(S(=O)(=O)O)cc2cc(S(=O)(=O)O)cc([O-])c2c1[O-].[Na+].[Na+]. The third kappa shape index (κ3) is 7.06. The van der Waals surface area contributed by atoms with E-state index in [1.54, 1.807) is 0 Å². The number of fused-ring (bicyclic) bond motifs is 1. The minimum Gasteiger partial charge on any atom is 1.00 e. The summed E-state index contributed by atoms with van der Waals surface area (Å²) in [6.45, 7) is 0. The second-order valence-electron chi connectivity index (χ2n) is 6.02. The van der Waals surface area contributed by atoms with E-state index in [9.17, 15) is 35.3 Å². The van der Waals surface area contributed by atoms with Gasteiger partial charge >= 0.3 is 231 Å². The molecule has 3 N–H and O–H groups in total. The van der Waals surface area contributed by atoms with Crippen LogP contribution in [0.3, 0.4) is 0 Å². The van der Waals surface area contributed by atoms with Crippen LogP contribution in [-0.4, -0.2) is 45.3 Å². The van der Waals surface area contributed by atoms with Crippen LogP contribution < -0.4 is 73.1 Å². The molecule has 0 saturated heterocycles. The predicted molar refractivity (Wildman–Crippen MR) is 102 cm³/mol. The molecule has 0 amide bonds. The van der Waals surface area contributed by atoms with Gasteiger partial charge in [-0.05, 0) is 0 Å². The standard InChI is InChI=1S/C16H12AsN2O11S2.2Na/c20-11-7-9(31(24,25)26)5-8-6-13(32(27,28)29)15(16(21)14(8)11)19-18-10-3-1-2-4-12(10)30-17(22)23;;/h1-7,20-21H,(H,22,23)(H,24,25,26)(H,27,28,29);;/q;2*+1/p-2. The topological polar surface area (TPSA) is 226 Å². The van der Waals surface area contributed by atoms with Crippen LogP contribution in [0.25, 0.3) is 10.8 Å². The maximum Gasteiger partial charge on any atom is 1.00 e. The quantitative estimate of drug-likeness (QED) is 0.139. The molecule has 0 bridgehead atoms. The smallest absolute Gasteiger partial charge is 1.00 e. The Hall–Kier alpha value is -0.942. The normalized spacial score (nSPS) is 12.1. The first-order valence-electron chi connectivity index (χ1n) is 8.07. The Kier molecular flexibility index (Phi) is 10.8. The molecule has 1 unspecified atom stereocenters. The van der Waals surface area contributed by atoms with Gasteiger partial charge in [-0.2, -0.15) is 8.42 Å². The molecule has 0 aliphatic carbocycles. The van der Waals surface area contributed by atoms with Crippen molar-refractivity contribution in [3.8, 4) is 17.2 Å². The van der Waals surface area contributed by atoms with E-state index < -0.39 is 73.3 Å². The second-order valence-corrected chi connectivity index (χ2v) is 10.2. The van der Waals surface area contributed by atoms with Crippen LogP contribution in [0.2, 0.25) is 0 Å². The molecule has 169 valence electrons. The van der Waals surface area contributed by atoms with Crippen LogP contribution in [0.1, 0.15) is 0 Å². The number of azo groups is 1. The largest absolute Gasteiger partial charge is 1.00 e. The number of hydrogen-bond acceptors (Lipinski definition) is 10. The molecule has 3 aromatic carbocycles. The molecule has 0 saturated carbocycles. The van der Waals surface area contributed by atoms with Crippen molar-refractivity contribution < 1.29 is 107 Å². The van der Waals surface area contributed by atoms with Gasteiger partial charge in [0.05, 0.1) is 0 Å². The molecule has 0 heterocycles. The van der Waals surface area contributed by atoms with E-state index in [2.05, 4.69) is 10.2 Å². The fourth-order valence-electron chi connectivity index (χ4n) is 2.65. The summed E-state index contributed by atoms with van der Waals surface area (Å²) in [6, 6.07) is 7.11. The van der Waals surface area contributed by atoms with Crippen molar-refractivity contribution in [2.75, 3.05) is 0 Å². The average Bonchev–Trinajstić information content (AvgIpc) is 2.65. The molecule has 3 rings (SSSR count). The fraction of sp³-hybridized carbons (Fsp3) is 0. The van der Waals surface area contributed by atoms with Gasteiger partial charge in [0.1, 0.15) is 0 Å². The number of hydrogen-bond donors (Lipinski definition) is 3. The third-order valence-electron chi connectivity index (χ3n) is 3.94. The van der Waals surface area contributed by atoms with E-state index in [-0.39, 0.29) is 70.6 Å². The summed E-state index contributed by atoms with van der Waals surface area (Å²) >= 11 is -3.86. The van der Waals surface area contributed by atoms with Gasteiger partial charge in [-0.15, -0.1) is 0 Å². The van der Waals surface area contributed by atoms with E-state index in [0.717, 1.165) is 0 Å². The van der Waals surface area contributed by atoms with E-state index in [0.29, 0.717) is 18.2 Å². The summed E-state index contributed by atoms with van der Waals surface area (Å²) in [5.41, 5.74) is -1.16. The number of rotatable bonds is 6. The molecule has 0 spiro atoms. The van der Waals surface area contributed by atoms with Crippen LogP contribution in [0.5, 0.6) is 17.2 Å². The number of nitrogens with zero attached hydrogens (tertiary/aromatic N) is 2. The van der Waals surface area contributed by atoms with Crippen LogP contribution in [-0.2, 0) is 24.0 Å². The van der Waals surface area contributed by atoms with E-state index in [1.165, 1.54) is 24.3 Å². The van der Waals surface area contributed by atoms with Crippen LogP contribution in [0.15, 0.2) is 62.5 Å². The van der Waals surface area contributed by atoms with E-state index >= 15 is 0 Å².